The third-order valence-corrected chi connectivity index (χ3v) is 4.55. The van der Waals surface area contributed by atoms with Crippen molar-refractivity contribution in [2.45, 2.75) is 27.7 Å². The zero-order valence-corrected chi connectivity index (χ0v) is 16.6. The molecule has 4 rings (SSSR count). The molecule has 0 unspecified atom stereocenters. The Morgan fingerprint density at radius 2 is 1.25 bits per heavy atom. The van der Waals surface area contributed by atoms with Crippen molar-refractivity contribution in [1.29, 1.82) is 0 Å². The zero-order chi connectivity index (χ0) is 19.7. The van der Waals surface area contributed by atoms with E-state index in [1.807, 2.05) is 44.3 Å². The van der Waals surface area contributed by atoms with Gasteiger partial charge in [-0.05, 0) is 87.4 Å². The maximum absolute atomic E-state index is 4.90. The third-order valence-electron chi connectivity index (χ3n) is 4.55. The summed E-state index contributed by atoms with van der Waals surface area (Å²) in [6, 6.07) is 18.3. The van der Waals surface area contributed by atoms with Crippen LogP contribution in [0.2, 0.25) is 0 Å². The molecule has 0 N–H and O–H groups in total. The number of nitrogens with zero attached hydrogens (tertiary/aromatic N) is 4. The maximum atomic E-state index is 4.90. The van der Waals surface area contributed by atoms with Crippen LogP contribution in [0.15, 0.2) is 60.8 Å². The highest BCUT2D eigenvalue weighted by Crippen LogP contribution is 2.27. The summed E-state index contributed by atoms with van der Waals surface area (Å²) >= 11 is 0. The van der Waals surface area contributed by atoms with Crippen LogP contribution in [0.1, 0.15) is 22.5 Å². The van der Waals surface area contributed by atoms with E-state index in [0.29, 0.717) is 0 Å². The van der Waals surface area contributed by atoms with E-state index in [4.69, 9.17) is 4.98 Å². The molecule has 138 valence electrons. The standard InChI is InChI=1S/C24H22N4/c1-15-8-9-25-22(10-15)23-12-16(2)11-21(28-23)19-13-18(4)27-24(14-19)20-7-5-6-17(3)26-20/h5-14H,1-4H3. The van der Waals surface area contributed by atoms with Gasteiger partial charge in [-0.15, -0.1) is 0 Å². The number of aryl methyl sites for hydroxylation is 4. The summed E-state index contributed by atoms with van der Waals surface area (Å²) in [5.41, 5.74) is 9.67. The van der Waals surface area contributed by atoms with Crippen molar-refractivity contribution in [3.8, 4) is 34.0 Å². The van der Waals surface area contributed by atoms with Gasteiger partial charge in [-0.3, -0.25) is 15.0 Å². The van der Waals surface area contributed by atoms with Crippen LogP contribution in [-0.2, 0) is 0 Å². The second kappa shape index (κ2) is 7.31. The molecule has 0 aliphatic heterocycles. The summed E-state index contributed by atoms with van der Waals surface area (Å²) in [5, 5.41) is 0. The first-order valence-corrected chi connectivity index (χ1v) is 9.33. The highest BCUT2D eigenvalue weighted by Gasteiger charge is 2.10. The molecule has 0 saturated heterocycles. The molecule has 0 fully saturated rings. The van der Waals surface area contributed by atoms with Crippen molar-refractivity contribution in [2.24, 2.45) is 0 Å². The maximum Gasteiger partial charge on any atom is 0.0896 e. The van der Waals surface area contributed by atoms with Gasteiger partial charge in [0, 0.05) is 23.1 Å². The van der Waals surface area contributed by atoms with E-state index in [0.717, 1.165) is 51.0 Å². The van der Waals surface area contributed by atoms with Gasteiger partial charge in [0.1, 0.15) is 0 Å². The molecule has 4 heterocycles. The fourth-order valence-electron chi connectivity index (χ4n) is 3.26. The number of hydrogen-bond donors (Lipinski definition) is 0. The van der Waals surface area contributed by atoms with Crippen molar-refractivity contribution < 1.29 is 0 Å². The second-order valence-corrected chi connectivity index (χ2v) is 7.18. The topological polar surface area (TPSA) is 51.6 Å². The van der Waals surface area contributed by atoms with Crippen LogP contribution in [0.3, 0.4) is 0 Å². The average molecular weight is 366 g/mol. The minimum atomic E-state index is 0.859. The summed E-state index contributed by atoms with van der Waals surface area (Å²) < 4.78 is 0. The normalized spacial score (nSPS) is 10.9. The summed E-state index contributed by atoms with van der Waals surface area (Å²) in [4.78, 5) is 18.7. The van der Waals surface area contributed by atoms with Gasteiger partial charge in [0.05, 0.1) is 28.5 Å². The molecular formula is C24H22N4. The Morgan fingerprint density at radius 3 is 2.04 bits per heavy atom. The SMILES string of the molecule is Cc1ccnc(-c2cc(C)cc(-c3cc(C)nc(-c4cccc(C)n4)c3)n2)c1. The van der Waals surface area contributed by atoms with E-state index < -0.39 is 0 Å². The van der Waals surface area contributed by atoms with Gasteiger partial charge in [-0.2, -0.15) is 0 Å². The lowest BCUT2D eigenvalue weighted by Crippen LogP contribution is -1.96. The first-order valence-electron chi connectivity index (χ1n) is 9.33. The van der Waals surface area contributed by atoms with Gasteiger partial charge in [-0.25, -0.2) is 4.98 Å². The van der Waals surface area contributed by atoms with Crippen LogP contribution in [0.4, 0.5) is 0 Å². The van der Waals surface area contributed by atoms with Crippen molar-refractivity contribution in [2.75, 3.05) is 0 Å². The van der Waals surface area contributed by atoms with Crippen LogP contribution in [0.5, 0.6) is 0 Å². The van der Waals surface area contributed by atoms with E-state index in [-0.39, 0.29) is 0 Å². The molecule has 0 radical (unpaired) electrons. The summed E-state index contributed by atoms with van der Waals surface area (Å²) in [6.07, 6.45) is 1.83. The molecular weight excluding hydrogens is 344 g/mol. The third kappa shape index (κ3) is 3.81. The van der Waals surface area contributed by atoms with Crippen LogP contribution >= 0.6 is 0 Å². The van der Waals surface area contributed by atoms with Gasteiger partial charge >= 0.3 is 0 Å². The number of hydrogen-bond acceptors (Lipinski definition) is 4. The van der Waals surface area contributed by atoms with Gasteiger partial charge in [0.2, 0.25) is 0 Å². The smallest absolute Gasteiger partial charge is 0.0896 e. The van der Waals surface area contributed by atoms with E-state index in [1.165, 1.54) is 5.56 Å². The quantitative estimate of drug-likeness (QED) is 0.480. The van der Waals surface area contributed by atoms with Crippen LogP contribution < -0.4 is 0 Å². The molecule has 0 aromatic carbocycles. The molecule has 4 aromatic heterocycles. The summed E-state index contributed by atoms with van der Waals surface area (Å²) in [5.74, 6) is 0. The van der Waals surface area contributed by atoms with Gasteiger partial charge in [0.25, 0.3) is 0 Å². The Morgan fingerprint density at radius 1 is 0.536 bits per heavy atom. The van der Waals surface area contributed by atoms with E-state index >= 15 is 0 Å². The Kier molecular flexibility index (Phi) is 4.70. The molecule has 0 saturated carbocycles. The molecule has 0 spiro atoms. The van der Waals surface area contributed by atoms with Crippen LogP contribution in [0.25, 0.3) is 34.0 Å². The highest BCUT2D eigenvalue weighted by molar-refractivity contribution is 5.70. The second-order valence-electron chi connectivity index (χ2n) is 7.18. The molecule has 0 bridgehead atoms. The Balaban J connectivity index is 1.83. The van der Waals surface area contributed by atoms with Crippen LogP contribution in [0, 0.1) is 27.7 Å². The Bertz CT molecular complexity index is 1070. The Labute approximate surface area is 165 Å². The molecule has 0 atom stereocenters. The molecule has 4 heteroatoms. The Hall–Kier alpha value is -3.40. The van der Waals surface area contributed by atoms with Crippen molar-refractivity contribution in [3.63, 3.8) is 0 Å². The molecule has 0 aliphatic carbocycles. The fourth-order valence-corrected chi connectivity index (χ4v) is 3.26. The van der Waals surface area contributed by atoms with Gasteiger partial charge < -0.3 is 0 Å². The molecule has 0 amide bonds. The van der Waals surface area contributed by atoms with E-state index in [2.05, 4.69) is 59.1 Å². The fraction of sp³-hybridized carbons (Fsp3) is 0.167. The van der Waals surface area contributed by atoms with Crippen molar-refractivity contribution in [1.82, 2.24) is 19.9 Å². The summed E-state index contributed by atoms with van der Waals surface area (Å²) in [7, 11) is 0. The average Bonchev–Trinajstić information content (AvgIpc) is 2.67. The monoisotopic (exact) mass is 366 g/mol. The first-order chi connectivity index (χ1) is 13.5. The minimum absolute atomic E-state index is 0.859. The highest BCUT2D eigenvalue weighted by atomic mass is 14.8. The lowest BCUT2D eigenvalue weighted by molar-refractivity contribution is 1.14. The lowest BCUT2D eigenvalue weighted by atomic mass is 10.1. The lowest BCUT2D eigenvalue weighted by Gasteiger charge is -2.10. The van der Waals surface area contributed by atoms with E-state index in [1.54, 1.807) is 0 Å². The van der Waals surface area contributed by atoms with Crippen LogP contribution in [-0.4, -0.2) is 19.9 Å². The number of aromatic nitrogens is 4. The van der Waals surface area contributed by atoms with E-state index in [9.17, 15) is 0 Å². The van der Waals surface area contributed by atoms with Crippen molar-refractivity contribution >= 4 is 0 Å². The number of rotatable bonds is 3. The summed E-state index contributed by atoms with van der Waals surface area (Å²) in [6.45, 7) is 8.14. The minimum Gasteiger partial charge on any atom is -0.255 e. The number of pyridine rings is 4. The van der Waals surface area contributed by atoms with Crippen molar-refractivity contribution in [3.05, 3.63) is 83.3 Å². The first kappa shape index (κ1) is 18.0. The predicted octanol–water partition coefficient (Wildman–Crippen LogP) is 5.50. The van der Waals surface area contributed by atoms with Gasteiger partial charge in [0.15, 0.2) is 0 Å². The molecule has 28 heavy (non-hydrogen) atoms. The molecule has 0 aliphatic rings. The molecule has 4 nitrogen and oxygen atoms in total. The zero-order valence-electron chi connectivity index (χ0n) is 16.6. The largest absolute Gasteiger partial charge is 0.255 e. The van der Waals surface area contributed by atoms with Gasteiger partial charge in [-0.1, -0.05) is 6.07 Å². The predicted molar refractivity (Wildman–Crippen MR) is 113 cm³/mol. The molecule has 4 aromatic rings.